The van der Waals surface area contributed by atoms with E-state index in [9.17, 15) is 4.79 Å². The van der Waals surface area contributed by atoms with E-state index in [0.29, 0.717) is 19.5 Å². The van der Waals surface area contributed by atoms with Crippen LogP contribution in [-0.4, -0.2) is 43.0 Å². The Bertz CT molecular complexity index is 229. The first-order valence-electron chi connectivity index (χ1n) is 6.92. The van der Waals surface area contributed by atoms with Crippen molar-refractivity contribution in [3.8, 4) is 0 Å². The molecule has 3 N–H and O–H groups in total. The Morgan fingerprint density at radius 1 is 1.47 bits per heavy atom. The molecule has 1 aliphatic carbocycles. The van der Waals surface area contributed by atoms with E-state index in [2.05, 4.69) is 17.1 Å². The molecule has 1 saturated carbocycles. The molecule has 0 aromatic carbocycles. The van der Waals surface area contributed by atoms with E-state index in [1.54, 1.807) is 0 Å². The predicted molar refractivity (Wildman–Crippen MR) is 70.7 cm³/mol. The van der Waals surface area contributed by atoms with Crippen LogP contribution >= 0.6 is 0 Å². The number of likely N-dealkylation sites (N-methyl/N-ethyl adjacent to an activating group) is 1. The molecule has 1 atom stereocenters. The van der Waals surface area contributed by atoms with Crippen LogP contribution in [0.15, 0.2) is 0 Å². The molecule has 1 unspecified atom stereocenters. The molecule has 0 radical (unpaired) electrons. The molecule has 0 saturated heterocycles. The summed E-state index contributed by atoms with van der Waals surface area (Å²) in [5.74, 6) is 0.952. The Labute approximate surface area is 105 Å². The van der Waals surface area contributed by atoms with Crippen molar-refractivity contribution in [2.75, 3.05) is 26.2 Å². The highest BCUT2D eigenvalue weighted by Gasteiger charge is 2.25. The van der Waals surface area contributed by atoms with Crippen molar-refractivity contribution in [1.82, 2.24) is 10.2 Å². The van der Waals surface area contributed by atoms with Crippen molar-refractivity contribution in [1.29, 1.82) is 0 Å². The first-order chi connectivity index (χ1) is 8.21. The van der Waals surface area contributed by atoms with Gasteiger partial charge in [0.25, 0.3) is 0 Å². The van der Waals surface area contributed by atoms with Gasteiger partial charge < -0.3 is 11.1 Å². The van der Waals surface area contributed by atoms with Crippen LogP contribution < -0.4 is 11.1 Å². The zero-order valence-corrected chi connectivity index (χ0v) is 11.2. The predicted octanol–water partition coefficient (Wildman–Crippen LogP) is 0.962. The standard InChI is InChI=1S/C13H27N3O/c1-3-15-13(17)8-12(9-14)16(4-2)10-11-6-5-7-11/h11-12H,3-10,14H2,1-2H3,(H,15,17). The fourth-order valence-electron chi connectivity index (χ4n) is 2.39. The van der Waals surface area contributed by atoms with E-state index in [4.69, 9.17) is 5.73 Å². The molecular formula is C13H27N3O. The first kappa shape index (κ1) is 14.5. The minimum Gasteiger partial charge on any atom is -0.356 e. The highest BCUT2D eigenvalue weighted by molar-refractivity contribution is 5.76. The Kier molecular flexibility index (Phi) is 6.52. The lowest BCUT2D eigenvalue weighted by Crippen LogP contribution is -2.46. The van der Waals surface area contributed by atoms with Gasteiger partial charge in [0, 0.05) is 32.1 Å². The van der Waals surface area contributed by atoms with Crippen LogP contribution in [0.25, 0.3) is 0 Å². The van der Waals surface area contributed by atoms with Crippen LogP contribution in [-0.2, 0) is 4.79 Å². The number of amides is 1. The maximum Gasteiger partial charge on any atom is 0.221 e. The summed E-state index contributed by atoms with van der Waals surface area (Å²) >= 11 is 0. The topological polar surface area (TPSA) is 58.4 Å². The Balaban J connectivity index is 2.40. The van der Waals surface area contributed by atoms with Crippen LogP contribution in [0.5, 0.6) is 0 Å². The molecule has 0 bridgehead atoms. The van der Waals surface area contributed by atoms with Crippen molar-refractivity contribution in [2.45, 2.75) is 45.6 Å². The third kappa shape index (κ3) is 4.64. The van der Waals surface area contributed by atoms with E-state index < -0.39 is 0 Å². The molecule has 100 valence electrons. The molecule has 1 rings (SSSR count). The lowest BCUT2D eigenvalue weighted by atomic mass is 9.84. The average Bonchev–Trinajstić information content (AvgIpc) is 2.26. The number of carbonyl (C=O) groups is 1. The number of rotatable bonds is 8. The van der Waals surface area contributed by atoms with Gasteiger partial charge in [0.1, 0.15) is 0 Å². The maximum atomic E-state index is 11.6. The van der Waals surface area contributed by atoms with Gasteiger partial charge in [0.05, 0.1) is 0 Å². The van der Waals surface area contributed by atoms with Crippen LogP contribution in [0.3, 0.4) is 0 Å². The molecule has 0 aliphatic heterocycles. The van der Waals surface area contributed by atoms with Gasteiger partial charge in [0.15, 0.2) is 0 Å². The summed E-state index contributed by atoms with van der Waals surface area (Å²) in [5, 5.41) is 2.85. The molecular weight excluding hydrogens is 214 g/mol. The fourth-order valence-corrected chi connectivity index (χ4v) is 2.39. The molecule has 4 nitrogen and oxygen atoms in total. The van der Waals surface area contributed by atoms with Gasteiger partial charge in [-0.25, -0.2) is 0 Å². The summed E-state index contributed by atoms with van der Waals surface area (Å²) < 4.78 is 0. The van der Waals surface area contributed by atoms with E-state index >= 15 is 0 Å². The minimum absolute atomic E-state index is 0.120. The third-order valence-electron chi connectivity index (χ3n) is 3.71. The van der Waals surface area contributed by atoms with Crippen molar-refractivity contribution < 1.29 is 4.79 Å². The van der Waals surface area contributed by atoms with Gasteiger partial charge in [0.2, 0.25) is 5.91 Å². The van der Waals surface area contributed by atoms with E-state index in [1.807, 2.05) is 6.92 Å². The summed E-state index contributed by atoms with van der Waals surface area (Å²) in [6.07, 6.45) is 4.58. The quantitative estimate of drug-likeness (QED) is 0.665. The van der Waals surface area contributed by atoms with Gasteiger partial charge in [-0.2, -0.15) is 0 Å². The van der Waals surface area contributed by atoms with Crippen molar-refractivity contribution in [2.24, 2.45) is 11.7 Å². The second-order valence-corrected chi connectivity index (χ2v) is 4.93. The van der Waals surface area contributed by atoms with Crippen LogP contribution in [0.1, 0.15) is 39.5 Å². The van der Waals surface area contributed by atoms with Gasteiger partial charge in [-0.05, 0) is 32.2 Å². The molecule has 17 heavy (non-hydrogen) atoms. The normalized spacial score (nSPS) is 17.9. The Morgan fingerprint density at radius 2 is 2.18 bits per heavy atom. The van der Waals surface area contributed by atoms with E-state index in [1.165, 1.54) is 19.3 Å². The first-order valence-corrected chi connectivity index (χ1v) is 6.92. The minimum atomic E-state index is 0.120. The van der Waals surface area contributed by atoms with Crippen LogP contribution in [0, 0.1) is 5.92 Å². The Hall–Kier alpha value is -0.610. The smallest absolute Gasteiger partial charge is 0.221 e. The highest BCUT2D eigenvalue weighted by Crippen LogP contribution is 2.27. The zero-order chi connectivity index (χ0) is 12.7. The van der Waals surface area contributed by atoms with Crippen LogP contribution in [0.4, 0.5) is 0 Å². The molecule has 0 heterocycles. The van der Waals surface area contributed by atoms with E-state index in [0.717, 1.165) is 19.0 Å². The summed E-state index contributed by atoms with van der Waals surface area (Å²) in [4.78, 5) is 14.0. The number of nitrogens with one attached hydrogen (secondary N) is 1. The number of nitrogens with zero attached hydrogens (tertiary/aromatic N) is 1. The largest absolute Gasteiger partial charge is 0.356 e. The molecule has 1 fully saturated rings. The molecule has 0 aromatic rings. The number of hydrogen-bond donors (Lipinski definition) is 2. The number of carbonyl (C=O) groups excluding carboxylic acids is 1. The second kappa shape index (κ2) is 7.67. The van der Waals surface area contributed by atoms with Gasteiger partial charge in [-0.3, -0.25) is 9.69 Å². The number of nitrogens with two attached hydrogens (primary N) is 1. The summed E-state index contributed by atoms with van der Waals surface area (Å²) in [7, 11) is 0. The van der Waals surface area contributed by atoms with Crippen molar-refractivity contribution in [3.63, 3.8) is 0 Å². The summed E-state index contributed by atoms with van der Waals surface area (Å²) in [5.41, 5.74) is 5.81. The third-order valence-corrected chi connectivity index (χ3v) is 3.71. The lowest BCUT2D eigenvalue weighted by Gasteiger charge is -2.36. The van der Waals surface area contributed by atoms with Crippen molar-refractivity contribution >= 4 is 5.91 Å². The molecule has 4 heteroatoms. The molecule has 0 aromatic heterocycles. The molecule has 1 amide bonds. The van der Waals surface area contributed by atoms with E-state index in [-0.39, 0.29) is 11.9 Å². The monoisotopic (exact) mass is 241 g/mol. The average molecular weight is 241 g/mol. The number of hydrogen-bond acceptors (Lipinski definition) is 3. The fraction of sp³-hybridized carbons (Fsp3) is 0.923. The van der Waals surface area contributed by atoms with Gasteiger partial charge in [-0.15, -0.1) is 0 Å². The van der Waals surface area contributed by atoms with Crippen molar-refractivity contribution in [3.05, 3.63) is 0 Å². The zero-order valence-electron chi connectivity index (χ0n) is 11.2. The maximum absolute atomic E-state index is 11.6. The van der Waals surface area contributed by atoms with Gasteiger partial charge >= 0.3 is 0 Å². The van der Waals surface area contributed by atoms with Gasteiger partial charge in [-0.1, -0.05) is 13.3 Å². The SMILES string of the molecule is CCNC(=O)CC(CN)N(CC)CC1CCC1. The highest BCUT2D eigenvalue weighted by atomic mass is 16.1. The molecule has 0 spiro atoms. The molecule has 1 aliphatic rings. The lowest BCUT2D eigenvalue weighted by molar-refractivity contribution is -0.122. The summed E-state index contributed by atoms with van der Waals surface area (Å²) in [6.45, 7) is 7.46. The second-order valence-electron chi connectivity index (χ2n) is 4.93. The Morgan fingerprint density at radius 3 is 2.59 bits per heavy atom. The summed E-state index contributed by atoms with van der Waals surface area (Å²) in [6, 6.07) is 0.201. The van der Waals surface area contributed by atoms with Crippen LogP contribution in [0.2, 0.25) is 0 Å².